The van der Waals surface area contributed by atoms with Gasteiger partial charge in [0.2, 0.25) is 0 Å². The molecule has 26 heavy (non-hydrogen) atoms. The fourth-order valence-corrected chi connectivity index (χ4v) is 3.56. The van der Waals surface area contributed by atoms with E-state index in [1.165, 1.54) is 0 Å². The first-order valence-corrected chi connectivity index (χ1v) is 8.80. The maximum absolute atomic E-state index is 11.5. The fraction of sp³-hybridized carbons (Fsp3) is 0.364. The SMILES string of the molecule is COc1cc(C=Cc2ccc3c(n2)CC(C)(C)CC3C=O)cc(OC)c1. The van der Waals surface area contributed by atoms with E-state index in [1.54, 1.807) is 14.2 Å². The minimum atomic E-state index is -0.0538. The zero-order valence-electron chi connectivity index (χ0n) is 15.8. The molecule has 1 atom stereocenters. The van der Waals surface area contributed by atoms with Crippen molar-refractivity contribution in [3.05, 3.63) is 52.8 Å². The van der Waals surface area contributed by atoms with Crippen LogP contribution in [0.4, 0.5) is 0 Å². The molecule has 136 valence electrons. The van der Waals surface area contributed by atoms with E-state index in [-0.39, 0.29) is 11.3 Å². The Morgan fingerprint density at radius 2 is 1.77 bits per heavy atom. The summed E-state index contributed by atoms with van der Waals surface area (Å²) < 4.78 is 10.6. The minimum Gasteiger partial charge on any atom is -0.497 e. The topological polar surface area (TPSA) is 48.4 Å². The summed E-state index contributed by atoms with van der Waals surface area (Å²) in [5.41, 5.74) is 4.05. The summed E-state index contributed by atoms with van der Waals surface area (Å²) in [7, 11) is 3.27. The molecule has 0 fully saturated rings. The third kappa shape index (κ3) is 3.96. The molecule has 1 unspecified atom stereocenters. The second kappa shape index (κ2) is 7.32. The van der Waals surface area contributed by atoms with Crippen LogP contribution in [-0.2, 0) is 11.2 Å². The smallest absolute Gasteiger partial charge is 0.127 e. The first kappa shape index (κ1) is 18.2. The minimum absolute atomic E-state index is 0.0538. The summed E-state index contributed by atoms with van der Waals surface area (Å²) in [6.45, 7) is 4.39. The van der Waals surface area contributed by atoms with E-state index in [0.717, 1.165) is 53.1 Å². The Bertz CT molecular complexity index is 817. The summed E-state index contributed by atoms with van der Waals surface area (Å²) in [6, 6.07) is 9.76. The first-order valence-electron chi connectivity index (χ1n) is 8.80. The van der Waals surface area contributed by atoms with E-state index < -0.39 is 0 Å². The summed E-state index contributed by atoms with van der Waals surface area (Å²) in [5.74, 6) is 1.44. The molecule has 2 aromatic rings. The number of aldehydes is 1. The molecule has 0 spiro atoms. The first-order chi connectivity index (χ1) is 12.4. The van der Waals surface area contributed by atoms with Crippen LogP contribution in [-0.4, -0.2) is 25.5 Å². The van der Waals surface area contributed by atoms with Gasteiger partial charge in [0, 0.05) is 17.7 Å². The summed E-state index contributed by atoms with van der Waals surface area (Å²) in [6.07, 6.45) is 6.79. The number of carbonyl (C=O) groups is 1. The van der Waals surface area contributed by atoms with Crippen molar-refractivity contribution in [1.29, 1.82) is 0 Å². The van der Waals surface area contributed by atoms with Crippen molar-refractivity contribution in [2.75, 3.05) is 14.2 Å². The molecule has 0 radical (unpaired) electrons. The Morgan fingerprint density at radius 1 is 1.08 bits per heavy atom. The fourth-order valence-electron chi connectivity index (χ4n) is 3.56. The Kier molecular flexibility index (Phi) is 5.12. The second-order valence-electron chi connectivity index (χ2n) is 7.54. The lowest BCUT2D eigenvalue weighted by atomic mass is 9.71. The molecule has 4 heteroatoms. The number of nitrogens with zero attached hydrogens (tertiary/aromatic N) is 1. The van der Waals surface area contributed by atoms with E-state index in [9.17, 15) is 4.79 Å². The maximum atomic E-state index is 11.5. The predicted molar refractivity (Wildman–Crippen MR) is 104 cm³/mol. The van der Waals surface area contributed by atoms with E-state index in [4.69, 9.17) is 14.5 Å². The number of carbonyl (C=O) groups excluding carboxylic acids is 1. The largest absolute Gasteiger partial charge is 0.497 e. The van der Waals surface area contributed by atoms with Crippen LogP contribution in [0, 0.1) is 5.41 Å². The van der Waals surface area contributed by atoms with Gasteiger partial charge < -0.3 is 14.3 Å². The highest BCUT2D eigenvalue weighted by Crippen LogP contribution is 2.40. The summed E-state index contributed by atoms with van der Waals surface area (Å²) in [4.78, 5) is 16.3. The van der Waals surface area contributed by atoms with Crippen LogP contribution < -0.4 is 9.47 Å². The molecule has 1 aromatic heterocycles. The lowest BCUT2D eigenvalue weighted by Crippen LogP contribution is -2.27. The number of rotatable bonds is 5. The molecule has 4 nitrogen and oxygen atoms in total. The van der Waals surface area contributed by atoms with Gasteiger partial charge in [-0.2, -0.15) is 0 Å². The number of methoxy groups -OCH3 is 2. The van der Waals surface area contributed by atoms with Crippen LogP contribution in [0.1, 0.15) is 48.7 Å². The molecule has 0 saturated carbocycles. The van der Waals surface area contributed by atoms with Crippen LogP contribution in [0.5, 0.6) is 11.5 Å². The molecular weight excluding hydrogens is 326 g/mol. The van der Waals surface area contributed by atoms with E-state index >= 15 is 0 Å². The molecule has 1 aromatic carbocycles. The van der Waals surface area contributed by atoms with Gasteiger partial charge in [-0.15, -0.1) is 0 Å². The van der Waals surface area contributed by atoms with Crippen molar-refractivity contribution in [3.8, 4) is 11.5 Å². The Morgan fingerprint density at radius 3 is 2.38 bits per heavy atom. The van der Waals surface area contributed by atoms with Gasteiger partial charge in [-0.25, -0.2) is 0 Å². The highest BCUT2D eigenvalue weighted by molar-refractivity contribution is 5.70. The van der Waals surface area contributed by atoms with Crippen molar-refractivity contribution in [2.24, 2.45) is 5.41 Å². The normalized spacial score (nSPS) is 18.4. The van der Waals surface area contributed by atoms with Crippen molar-refractivity contribution in [3.63, 3.8) is 0 Å². The molecular formula is C22H25NO3. The zero-order valence-corrected chi connectivity index (χ0v) is 15.8. The molecule has 0 N–H and O–H groups in total. The van der Waals surface area contributed by atoms with Crippen LogP contribution in [0.25, 0.3) is 12.2 Å². The van der Waals surface area contributed by atoms with Crippen molar-refractivity contribution in [1.82, 2.24) is 4.98 Å². The van der Waals surface area contributed by atoms with Gasteiger partial charge >= 0.3 is 0 Å². The van der Waals surface area contributed by atoms with Gasteiger partial charge in [-0.3, -0.25) is 4.98 Å². The van der Waals surface area contributed by atoms with Crippen molar-refractivity contribution >= 4 is 18.4 Å². The second-order valence-corrected chi connectivity index (χ2v) is 7.54. The molecule has 1 heterocycles. The average Bonchev–Trinajstić information content (AvgIpc) is 2.64. The van der Waals surface area contributed by atoms with Crippen LogP contribution in [0.2, 0.25) is 0 Å². The number of hydrogen-bond donors (Lipinski definition) is 0. The number of hydrogen-bond acceptors (Lipinski definition) is 4. The van der Waals surface area contributed by atoms with E-state index in [1.807, 2.05) is 42.5 Å². The maximum Gasteiger partial charge on any atom is 0.127 e. The molecule has 0 bridgehead atoms. The zero-order chi connectivity index (χ0) is 18.7. The number of pyridine rings is 1. The number of aromatic nitrogens is 1. The van der Waals surface area contributed by atoms with Gasteiger partial charge in [-0.05, 0) is 53.7 Å². The standard InChI is InChI=1S/C22H25NO3/c1-22(2)12-16(14-24)20-8-7-17(23-21(20)13-22)6-5-15-9-18(25-3)11-19(10-15)26-4/h5-11,14,16H,12-13H2,1-4H3. The third-order valence-corrected chi connectivity index (χ3v) is 4.83. The summed E-state index contributed by atoms with van der Waals surface area (Å²) >= 11 is 0. The monoisotopic (exact) mass is 351 g/mol. The van der Waals surface area contributed by atoms with Crippen LogP contribution in [0.3, 0.4) is 0 Å². The number of benzene rings is 1. The molecule has 3 rings (SSSR count). The number of ether oxygens (including phenoxy) is 2. The third-order valence-electron chi connectivity index (χ3n) is 4.83. The van der Waals surface area contributed by atoms with Crippen LogP contribution >= 0.6 is 0 Å². The lowest BCUT2D eigenvalue weighted by Gasteiger charge is -2.34. The van der Waals surface area contributed by atoms with Gasteiger partial charge in [0.1, 0.15) is 17.8 Å². The van der Waals surface area contributed by atoms with E-state index in [2.05, 4.69) is 13.8 Å². The Hall–Kier alpha value is -2.62. The highest BCUT2D eigenvalue weighted by Gasteiger charge is 2.32. The molecule has 0 amide bonds. The highest BCUT2D eigenvalue weighted by atomic mass is 16.5. The van der Waals surface area contributed by atoms with Crippen molar-refractivity contribution < 1.29 is 14.3 Å². The van der Waals surface area contributed by atoms with Gasteiger partial charge in [-0.1, -0.05) is 26.0 Å². The van der Waals surface area contributed by atoms with Crippen molar-refractivity contribution in [2.45, 2.75) is 32.6 Å². The molecule has 0 saturated heterocycles. The molecule has 0 aliphatic heterocycles. The Labute approximate surface area is 154 Å². The van der Waals surface area contributed by atoms with Gasteiger partial charge in [0.05, 0.1) is 19.9 Å². The average molecular weight is 351 g/mol. The quantitative estimate of drug-likeness (QED) is 0.743. The summed E-state index contributed by atoms with van der Waals surface area (Å²) in [5, 5.41) is 0. The van der Waals surface area contributed by atoms with Gasteiger partial charge in [0.15, 0.2) is 0 Å². The van der Waals surface area contributed by atoms with Crippen LogP contribution in [0.15, 0.2) is 30.3 Å². The predicted octanol–water partition coefficient (Wildman–Crippen LogP) is 4.52. The number of fused-ring (bicyclic) bond motifs is 1. The molecule has 1 aliphatic carbocycles. The van der Waals surface area contributed by atoms with E-state index in [0.29, 0.717) is 0 Å². The van der Waals surface area contributed by atoms with Gasteiger partial charge in [0.25, 0.3) is 0 Å². The lowest BCUT2D eigenvalue weighted by molar-refractivity contribution is -0.109. The Balaban J connectivity index is 1.90. The molecule has 1 aliphatic rings.